The van der Waals surface area contributed by atoms with Gasteiger partial charge in [0.1, 0.15) is 0 Å². The number of rotatable bonds is 4. The van der Waals surface area contributed by atoms with Crippen LogP contribution in [0.15, 0.2) is 18.2 Å². The van der Waals surface area contributed by atoms with Crippen molar-refractivity contribution in [3.05, 3.63) is 34.9 Å². The standard InChI is InChI=1S/C13H17NO2/c1-9-4-3-5-12(10(9)2)13(15)14-16-8-11-6-7-11/h3-5,11H,6-8H2,1-2H3,(H,14,15). The molecule has 1 N–H and O–H groups in total. The molecule has 3 nitrogen and oxygen atoms in total. The molecule has 1 aliphatic rings. The summed E-state index contributed by atoms with van der Waals surface area (Å²) >= 11 is 0. The van der Waals surface area contributed by atoms with E-state index < -0.39 is 0 Å². The van der Waals surface area contributed by atoms with E-state index >= 15 is 0 Å². The summed E-state index contributed by atoms with van der Waals surface area (Å²) in [6.45, 7) is 4.58. The number of amides is 1. The maximum absolute atomic E-state index is 11.8. The van der Waals surface area contributed by atoms with E-state index in [1.165, 1.54) is 12.8 Å². The second-order valence-corrected chi connectivity index (χ2v) is 4.43. The van der Waals surface area contributed by atoms with E-state index in [-0.39, 0.29) is 5.91 Å². The van der Waals surface area contributed by atoms with Crippen molar-refractivity contribution in [3.8, 4) is 0 Å². The van der Waals surface area contributed by atoms with Gasteiger partial charge in [-0.15, -0.1) is 0 Å². The summed E-state index contributed by atoms with van der Waals surface area (Å²) in [5, 5.41) is 0. The number of carbonyl (C=O) groups is 1. The number of aryl methyl sites for hydroxylation is 1. The van der Waals surface area contributed by atoms with E-state index in [0.29, 0.717) is 18.1 Å². The quantitative estimate of drug-likeness (QED) is 0.789. The Hall–Kier alpha value is -1.35. The Morgan fingerprint density at radius 2 is 2.19 bits per heavy atom. The van der Waals surface area contributed by atoms with Crippen LogP contribution in [-0.4, -0.2) is 12.5 Å². The van der Waals surface area contributed by atoms with Crippen LogP contribution in [0.5, 0.6) is 0 Å². The van der Waals surface area contributed by atoms with Crippen LogP contribution in [0.25, 0.3) is 0 Å². The predicted octanol–water partition coefficient (Wildman–Crippen LogP) is 2.37. The molecule has 3 heteroatoms. The highest BCUT2D eigenvalue weighted by atomic mass is 16.7. The van der Waals surface area contributed by atoms with E-state index in [4.69, 9.17) is 4.84 Å². The van der Waals surface area contributed by atoms with Gasteiger partial charge in [0.05, 0.1) is 6.61 Å². The van der Waals surface area contributed by atoms with Gasteiger partial charge in [-0.25, -0.2) is 5.48 Å². The van der Waals surface area contributed by atoms with Crippen molar-refractivity contribution < 1.29 is 9.63 Å². The van der Waals surface area contributed by atoms with Gasteiger partial charge in [0.2, 0.25) is 0 Å². The maximum atomic E-state index is 11.8. The lowest BCUT2D eigenvalue weighted by molar-refractivity contribution is 0.0269. The number of benzene rings is 1. The summed E-state index contributed by atoms with van der Waals surface area (Å²) < 4.78 is 0. The van der Waals surface area contributed by atoms with Gasteiger partial charge in [-0.3, -0.25) is 9.63 Å². The molecular weight excluding hydrogens is 202 g/mol. The topological polar surface area (TPSA) is 38.3 Å². The maximum Gasteiger partial charge on any atom is 0.275 e. The minimum atomic E-state index is -0.151. The molecule has 1 saturated carbocycles. The van der Waals surface area contributed by atoms with Crippen LogP contribution >= 0.6 is 0 Å². The van der Waals surface area contributed by atoms with Crippen LogP contribution in [0.3, 0.4) is 0 Å². The molecule has 1 aromatic carbocycles. The first-order valence-corrected chi connectivity index (χ1v) is 5.67. The zero-order chi connectivity index (χ0) is 11.5. The van der Waals surface area contributed by atoms with Gasteiger partial charge in [0, 0.05) is 5.56 Å². The molecule has 1 aliphatic carbocycles. The largest absolute Gasteiger partial charge is 0.275 e. The number of hydroxylamine groups is 1. The number of carbonyl (C=O) groups excluding carboxylic acids is 1. The number of hydrogen-bond acceptors (Lipinski definition) is 2. The zero-order valence-corrected chi connectivity index (χ0v) is 9.75. The Morgan fingerprint density at radius 3 is 2.88 bits per heavy atom. The summed E-state index contributed by atoms with van der Waals surface area (Å²) in [6, 6.07) is 5.70. The second-order valence-electron chi connectivity index (χ2n) is 4.43. The molecule has 0 unspecified atom stereocenters. The number of nitrogens with one attached hydrogen (secondary N) is 1. The molecule has 0 saturated heterocycles. The summed E-state index contributed by atoms with van der Waals surface area (Å²) in [5.74, 6) is 0.501. The SMILES string of the molecule is Cc1cccc(C(=O)NOCC2CC2)c1C. The van der Waals surface area contributed by atoms with E-state index in [9.17, 15) is 4.79 Å². The lowest BCUT2D eigenvalue weighted by Crippen LogP contribution is -2.25. The Kier molecular flexibility index (Phi) is 3.25. The monoisotopic (exact) mass is 219 g/mol. The molecule has 1 fully saturated rings. The van der Waals surface area contributed by atoms with Gasteiger partial charge in [0.15, 0.2) is 0 Å². The predicted molar refractivity (Wildman–Crippen MR) is 62.1 cm³/mol. The van der Waals surface area contributed by atoms with Gasteiger partial charge in [-0.05, 0) is 49.8 Å². The summed E-state index contributed by atoms with van der Waals surface area (Å²) in [7, 11) is 0. The summed E-state index contributed by atoms with van der Waals surface area (Å²) in [5.41, 5.74) is 5.32. The first-order valence-electron chi connectivity index (χ1n) is 5.67. The van der Waals surface area contributed by atoms with Crippen LogP contribution < -0.4 is 5.48 Å². The van der Waals surface area contributed by atoms with Crippen molar-refractivity contribution in [2.75, 3.05) is 6.61 Å². The number of hydrogen-bond donors (Lipinski definition) is 1. The summed E-state index contributed by atoms with van der Waals surface area (Å²) in [4.78, 5) is 17.0. The Balaban J connectivity index is 1.93. The van der Waals surface area contributed by atoms with E-state index in [1.807, 2.05) is 32.0 Å². The summed E-state index contributed by atoms with van der Waals surface area (Å²) in [6.07, 6.45) is 2.44. The van der Waals surface area contributed by atoms with Crippen LogP contribution in [0, 0.1) is 19.8 Å². The van der Waals surface area contributed by atoms with Gasteiger partial charge in [0.25, 0.3) is 5.91 Å². The molecular formula is C13H17NO2. The minimum Gasteiger partial charge on any atom is -0.273 e. The first-order chi connectivity index (χ1) is 7.68. The third kappa shape index (κ3) is 2.61. The normalized spacial score (nSPS) is 14.9. The highest BCUT2D eigenvalue weighted by Crippen LogP contribution is 2.28. The lowest BCUT2D eigenvalue weighted by Gasteiger charge is -2.09. The van der Waals surface area contributed by atoms with E-state index in [2.05, 4.69) is 5.48 Å². The Labute approximate surface area is 95.8 Å². The van der Waals surface area contributed by atoms with Crippen molar-refractivity contribution in [2.24, 2.45) is 5.92 Å². The van der Waals surface area contributed by atoms with Crippen molar-refractivity contribution >= 4 is 5.91 Å². The van der Waals surface area contributed by atoms with Crippen molar-refractivity contribution in [1.82, 2.24) is 5.48 Å². The molecule has 86 valence electrons. The van der Waals surface area contributed by atoms with Crippen molar-refractivity contribution in [1.29, 1.82) is 0 Å². The van der Waals surface area contributed by atoms with Crippen LogP contribution in [0.2, 0.25) is 0 Å². The van der Waals surface area contributed by atoms with E-state index in [0.717, 1.165) is 11.1 Å². The van der Waals surface area contributed by atoms with Gasteiger partial charge in [-0.1, -0.05) is 12.1 Å². The average Bonchev–Trinajstić information content (AvgIpc) is 3.06. The molecule has 1 aromatic rings. The van der Waals surface area contributed by atoms with Gasteiger partial charge < -0.3 is 0 Å². The molecule has 2 rings (SSSR count). The smallest absolute Gasteiger partial charge is 0.273 e. The molecule has 0 radical (unpaired) electrons. The van der Waals surface area contributed by atoms with Gasteiger partial charge in [-0.2, -0.15) is 0 Å². The fraction of sp³-hybridized carbons (Fsp3) is 0.462. The highest BCUT2D eigenvalue weighted by Gasteiger charge is 2.22. The molecule has 0 spiro atoms. The third-order valence-electron chi connectivity index (χ3n) is 3.03. The fourth-order valence-electron chi connectivity index (χ4n) is 1.56. The van der Waals surface area contributed by atoms with Crippen LogP contribution in [0.1, 0.15) is 34.3 Å². The molecule has 0 aromatic heterocycles. The third-order valence-corrected chi connectivity index (χ3v) is 3.03. The van der Waals surface area contributed by atoms with E-state index in [1.54, 1.807) is 0 Å². The zero-order valence-electron chi connectivity index (χ0n) is 9.75. The second kappa shape index (κ2) is 4.66. The van der Waals surface area contributed by atoms with Gasteiger partial charge >= 0.3 is 0 Å². The first kappa shape index (κ1) is 11.1. The molecule has 16 heavy (non-hydrogen) atoms. The molecule has 1 amide bonds. The molecule has 0 aliphatic heterocycles. The average molecular weight is 219 g/mol. The molecule has 0 bridgehead atoms. The highest BCUT2D eigenvalue weighted by molar-refractivity contribution is 5.95. The molecule has 0 heterocycles. The van der Waals surface area contributed by atoms with Crippen LogP contribution in [-0.2, 0) is 4.84 Å². The van der Waals surface area contributed by atoms with Crippen LogP contribution in [0.4, 0.5) is 0 Å². The fourth-order valence-corrected chi connectivity index (χ4v) is 1.56. The van der Waals surface area contributed by atoms with Crippen molar-refractivity contribution in [2.45, 2.75) is 26.7 Å². The molecule has 0 atom stereocenters. The Morgan fingerprint density at radius 1 is 1.44 bits per heavy atom. The Bertz CT molecular complexity index is 397. The van der Waals surface area contributed by atoms with Crippen molar-refractivity contribution in [3.63, 3.8) is 0 Å². The lowest BCUT2D eigenvalue weighted by atomic mass is 10.0. The minimum absolute atomic E-state index is 0.151.